The van der Waals surface area contributed by atoms with Crippen LogP contribution in [-0.4, -0.2) is 17.9 Å². The van der Waals surface area contributed by atoms with E-state index in [1.54, 1.807) is 24.1 Å². The van der Waals surface area contributed by atoms with Gasteiger partial charge in [-0.05, 0) is 55.0 Å². The summed E-state index contributed by atoms with van der Waals surface area (Å²) in [6.45, 7) is 2.05. The number of nitrogens with zero attached hydrogens (tertiary/aromatic N) is 2. The fourth-order valence-electron chi connectivity index (χ4n) is 2.79. The van der Waals surface area contributed by atoms with E-state index < -0.39 is 0 Å². The molecule has 0 N–H and O–H groups in total. The first-order chi connectivity index (χ1) is 12.0. The first-order valence-electron chi connectivity index (χ1n) is 7.86. The topological polar surface area (TPSA) is 33.2 Å². The molecule has 25 heavy (non-hydrogen) atoms. The number of pyridine rings is 1. The fourth-order valence-corrected chi connectivity index (χ4v) is 3.91. The van der Waals surface area contributed by atoms with E-state index in [9.17, 15) is 4.79 Å². The summed E-state index contributed by atoms with van der Waals surface area (Å²) in [4.78, 5) is 20.7. The Balaban J connectivity index is 1.74. The molecule has 0 saturated carbocycles. The predicted octanol–water partition coefficient (Wildman–Crippen LogP) is 5.69. The molecule has 4 aromatic rings. The summed E-state index contributed by atoms with van der Waals surface area (Å²) in [7, 11) is 1.77. The van der Waals surface area contributed by atoms with Gasteiger partial charge >= 0.3 is 0 Å². The molecule has 0 atom stereocenters. The van der Waals surface area contributed by atoms with Gasteiger partial charge in [0.15, 0.2) is 0 Å². The Morgan fingerprint density at radius 2 is 1.80 bits per heavy atom. The Morgan fingerprint density at radius 3 is 2.56 bits per heavy atom. The number of aromatic nitrogens is 1. The first-order valence-corrected chi connectivity index (χ1v) is 9.05. The van der Waals surface area contributed by atoms with Crippen molar-refractivity contribution in [3.8, 4) is 0 Å². The van der Waals surface area contributed by atoms with Crippen molar-refractivity contribution in [2.24, 2.45) is 0 Å². The second-order valence-corrected chi connectivity index (χ2v) is 7.50. The van der Waals surface area contributed by atoms with Crippen LogP contribution in [0.3, 0.4) is 0 Å². The number of carbonyl (C=O) groups is 1. The largest absolute Gasteiger partial charge is 0.311 e. The molecule has 0 aliphatic rings. The summed E-state index contributed by atoms with van der Waals surface area (Å²) in [6.07, 6.45) is 0. The normalized spacial score (nSPS) is 11.2. The third kappa shape index (κ3) is 2.99. The minimum Gasteiger partial charge on any atom is -0.311 e. The second kappa shape index (κ2) is 6.14. The Kier molecular flexibility index (Phi) is 3.94. The number of carbonyl (C=O) groups excluding carboxylic acids is 1. The highest BCUT2D eigenvalue weighted by molar-refractivity contribution is 7.20. The predicted molar refractivity (Wildman–Crippen MR) is 106 cm³/mol. The van der Waals surface area contributed by atoms with Crippen LogP contribution in [0.1, 0.15) is 15.2 Å². The van der Waals surface area contributed by atoms with Gasteiger partial charge in [0.05, 0.1) is 10.4 Å². The van der Waals surface area contributed by atoms with Gasteiger partial charge in [-0.15, -0.1) is 11.3 Å². The smallest absolute Gasteiger partial charge is 0.268 e. The van der Waals surface area contributed by atoms with E-state index in [-0.39, 0.29) is 5.91 Å². The quantitative estimate of drug-likeness (QED) is 0.456. The molecule has 5 heteroatoms. The number of hydrogen-bond acceptors (Lipinski definition) is 3. The van der Waals surface area contributed by atoms with E-state index >= 15 is 0 Å². The lowest BCUT2D eigenvalue weighted by atomic mass is 10.1. The number of anilines is 1. The van der Waals surface area contributed by atoms with Crippen molar-refractivity contribution in [3.05, 3.63) is 70.1 Å². The molecule has 0 bridgehead atoms. The van der Waals surface area contributed by atoms with Crippen LogP contribution in [0.5, 0.6) is 0 Å². The number of halogens is 1. The summed E-state index contributed by atoms with van der Waals surface area (Å²) >= 11 is 7.34. The van der Waals surface area contributed by atoms with Gasteiger partial charge in [0.25, 0.3) is 5.91 Å². The molecule has 4 rings (SSSR count). The average molecular weight is 367 g/mol. The van der Waals surface area contributed by atoms with Crippen molar-refractivity contribution in [2.45, 2.75) is 6.92 Å². The third-order valence-electron chi connectivity index (χ3n) is 4.19. The number of amides is 1. The lowest BCUT2D eigenvalue weighted by Gasteiger charge is -2.16. The summed E-state index contributed by atoms with van der Waals surface area (Å²) in [5.74, 6) is -0.0504. The molecule has 2 aromatic heterocycles. The molecule has 0 fully saturated rings. The van der Waals surface area contributed by atoms with E-state index in [0.717, 1.165) is 26.8 Å². The Morgan fingerprint density at radius 1 is 1.04 bits per heavy atom. The summed E-state index contributed by atoms with van der Waals surface area (Å²) < 4.78 is 0. The van der Waals surface area contributed by atoms with Crippen LogP contribution < -0.4 is 4.90 Å². The zero-order chi connectivity index (χ0) is 17.6. The van der Waals surface area contributed by atoms with Gasteiger partial charge in [-0.25, -0.2) is 4.98 Å². The van der Waals surface area contributed by atoms with Gasteiger partial charge in [-0.3, -0.25) is 4.79 Å². The molecule has 2 heterocycles. The lowest BCUT2D eigenvalue weighted by molar-refractivity contribution is 0.0997. The van der Waals surface area contributed by atoms with Crippen LogP contribution in [0.25, 0.3) is 21.1 Å². The third-order valence-corrected chi connectivity index (χ3v) is 5.47. The molecule has 0 unspecified atom stereocenters. The van der Waals surface area contributed by atoms with E-state index in [0.29, 0.717) is 9.90 Å². The van der Waals surface area contributed by atoms with Gasteiger partial charge in [0, 0.05) is 28.5 Å². The minimum absolute atomic E-state index is 0.0504. The Hall–Kier alpha value is -2.43. The molecule has 3 nitrogen and oxygen atoms in total. The number of benzene rings is 2. The maximum atomic E-state index is 12.8. The van der Waals surface area contributed by atoms with Gasteiger partial charge < -0.3 is 4.90 Å². The Labute approximate surface area is 154 Å². The molecule has 0 aliphatic heterocycles. The number of aryl methyl sites for hydroxylation is 1. The Bertz CT molecular complexity index is 1100. The van der Waals surface area contributed by atoms with Crippen molar-refractivity contribution in [1.29, 1.82) is 0 Å². The molecular formula is C20H15ClN2OS. The summed E-state index contributed by atoms with van der Waals surface area (Å²) in [6, 6.07) is 17.4. The van der Waals surface area contributed by atoms with Crippen molar-refractivity contribution < 1.29 is 4.79 Å². The van der Waals surface area contributed by atoms with Crippen LogP contribution >= 0.6 is 22.9 Å². The van der Waals surface area contributed by atoms with Crippen molar-refractivity contribution >= 4 is 55.7 Å². The average Bonchev–Trinajstić information content (AvgIpc) is 3.02. The molecule has 0 aliphatic carbocycles. The highest BCUT2D eigenvalue weighted by Gasteiger charge is 2.17. The second-order valence-electron chi connectivity index (χ2n) is 6.03. The van der Waals surface area contributed by atoms with E-state index in [4.69, 9.17) is 16.6 Å². The zero-order valence-corrected chi connectivity index (χ0v) is 15.4. The maximum Gasteiger partial charge on any atom is 0.268 e. The molecule has 2 aromatic carbocycles. The molecular weight excluding hydrogens is 352 g/mol. The first kappa shape index (κ1) is 16.1. The van der Waals surface area contributed by atoms with Gasteiger partial charge in [-0.2, -0.15) is 0 Å². The van der Waals surface area contributed by atoms with Crippen LogP contribution in [0.15, 0.2) is 54.6 Å². The molecule has 0 radical (unpaired) electrons. The van der Waals surface area contributed by atoms with Gasteiger partial charge in [0.2, 0.25) is 0 Å². The highest BCUT2D eigenvalue weighted by atomic mass is 35.5. The number of fused-ring (bicyclic) bond motifs is 2. The van der Waals surface area contributed by atoms with Crippen LogP contribution in [-0.2, 0) is 0 Å². The van der Waals surface area contributed by atoms with Gasteiger partial charge in [-0.1, -0.05) is 23.7 Å². The standard InChI is InChI=1S/C20H15ClN2OS/c1-12-3-4-13-10-14-11-18(25-19(14)22-17(13)9-12)20(24)23(2)16-7-5-15(21)6-8-16/h3-11H,1-2H3. The molecule has 1 amide bonds. The number of rotatable bonds is 2. The summed E-state index contributed by atoms with van der Waals surface area (Å²) in [5, 5.41) is 2.73. The number of hydrogen-bond donors (Lipinski definition) is 0. The lowest BCUT2D eigenvalue weighted by Crippen LogP contribution is -2.25. The minimum atomic E-state index is -0.0504. The van der Waals surface area contributed by atoms with E-state index in [1.807, 2.05) is 18.2 Å². The van der Waals surface area contributed by atoms with Crippen molar-refractivity contribution in [2.75, 3.05) is 11.9 Å². The van der Waals surface area contributed by atoms with E-state index in [1.165, 1.54) is 16.9 Å². The van der Waals surface area contributed by atoms with Crippen LogP contribution in [0.4, 0.5) is 5.69 Å². The zero-order valence-electron chi connectivity index (χ0n) is 13.8. The van der Waals surface area contributed by atoms with Crippen molar-refractivity contribution in [1.82, 2.24) is 4.98 Å². The van der Waals surface area contributed by atoms with Crippen LogP contribution in [0.2, 0.25) is 5.02 Å². The van der Waals surface area contributed by atoms with E-state index in [2.05, 4.69) is 31.2 Å². The van der Waals surface area contributed by atoms with Crippen molar-refractivity contribution in [3.63, 3.8) is 0 Å². The van der Waals surface area contributed by atoms with Crippen LogP contribution in [0, 0.1) is 6.92 Å². The van der Waals surface area contributed by atoms with Gasteiger partial charge in [0.1, 0.15) is 4.83 Å². The molecule has 0 saturated heterocycles. The SMILES string of the molecule is Cc1ccc2cc3cc(C(=O)N(C)c4ccc(Cl)cc4)sc3nc2c1. The number of thiophene rings is 1. The monoisotopic (exact) mass is 366 g/mol. The molecule has 0 spiro atoms. The fraction of sp³-hybridized carbons (Fsp3) is 0.100. The maximum absolute atomic E-state index is 12.8. The highest BCUT2D eigenvalue weighted by Crippen LogP contribution is 2.29. The molecule has 124 valence electrons. The summed E-state index contributed by atoms with van der Waals surface area (Å²) in [5.41, 5.74) is 2.94.